The third-order valence-corrected chi connectivity index (χ3v) is 5.18. The Morgan fingerprint density at radius 1 is 0.867 bits per heavy atom. The minimum absolute atomic E-state index is 0.165. The van der Waals surface area contributed by atoms with Crippen molar-refractivity contribution in [1.29, 1.82) is 0 Å². The summed E-state index contributed by atoms with van der Waals surface area (Å²) in [6.45, 7) is 1.30. The molecule has 0 saturated carbocycles. The lowest BCUT2D eigenvalue weighted by Crippen LogP contribution is -2.24. The van der Waals surface area contributed by atoms with Gasteiger partial charge in [-0.1, -0.05) is 60.7 Å². The van der Waals surface area contributed by atoms with Gasteiger partial charge in [0.25, 0.3) is 5.91 Å². The van der Waals surface area contributed by atoms with Crippen molar-refractivity contribution in [3.05, 3.63) is 101 Å². The Bertz CT molecular complexity index is 1090. The van der Waals surface area contributed by atoms with E-state index in [9.17, 15) is 14.4 Å². The van der Waals surface area contributed by atoms with E-state index in [1.54, 1.807) is 54.6 Å². The predicted octanol–water partition coefficient (Wildman–Crippen LogP) is 4.29. The van der Waals surface area contributed by atoms with Crippen LogP contribution >= 0.6 is 0 Å². The molecule has 5 nitrogen and oxygen atoms in total. The maximum Gasteiger partial charge on any atom is 0.256 e. The fraction of sp³-hybridized carbons (Fsp3) is 0.160. The van der Waals surface area contributed by atoms with Crippen LogP contribution in [-0.4, -0.2) is 29.0 Å². The zero-order chi connectivity index (χ0) is 20.9. The van der Waals surface area contributed by atoms with Gasteiger partial charge < -0.3 is 10.2 Å². The van der Waals surface area contributed by atoms with Crippen LogP contribution in [-0.2, 0) is 11.3 Å². The lowest BCUT2D eigenvalue weighted by atomic mass is 9.98. The lowest BCUT2D eigenvalue weighted by Gasteiger charge is -2.16. The Hall–Kier alpha value is -3.73. The van der Waals surface area contributed by atoms with E-state index in [1.807, 2.05) is 29.2 Å². The second-order valence-corrected chi connectivity index (χ2v) is 7.31. The molecule has 4 rings (SSSR count). The van der Waals surface area contributed by atoms with E-state index in [-0.39, 0.29) is 17.6 Å². The zero-order valence-corrected chi connectivity index (χ0v) is 16.5. The van der Waals surface area contributed by atoms with Crippen molar-refractivity contribution in [1.82, 2.24) is 4.90 Å². The average molecular weight is 398 g/mol. The number of ketones is 1. The molecule has 5 heteroatoms. The first-order valence-corrected chi connectivity index (χ1v) is 9.98. The van der Waals surface area contributed by atoms with Crippen molar-refractivity contribution in [2.45, 2.75) is 19.4 Å². The van der Waals surface area contributed by atoms with Crippen LogP contribution in [0.1, 0.15) is 44.7 Å². The molecule has 0 unspecified atom stereocenters. The number of nitrogens with zero attached hydrogens (tertiary/aromatic N) is 1. The Labute approximate surface area is 175 Å². The third-order valence-electron chi connectivity index (χ3n) is 5.18. The number of anilines is 1. The predicted molar refractivity (Wildman–Crippen MR) is 115 cm³/mol. The molecule has 2 amide bonds. The van der Waals surface area contributed by atoms with Gasteiger partial charge in [-0.2, -0.15) is 0 Å². The van der Waals surface area contributed by atoms with Gasteiger partial charge in [0.05, 0.1) is 5.56 Å². The smallest absolute Gasteiger partial charge is 0.256 e. The van der Waals surface area contributed by atoms with Crippen molar-refractivity contribution in [3.63, 3.8) is 0 Å². The van der Waals surface area contributed by atoms with E-state index in [2.05, 4.69) is 5.32 Å². The van der Waals surface area contributed by atoms with Gasteiger partial charge in [0.2, 0.25) is 5.91 Å². The average Bonchev–Trinajstić information content (AvgIpc) is 3.18. The molecule has 0 aliphatic carbocycles. The van der Waals surface area contributed by atoms with E-state index in [0.29, 0.717) is 35.3 Å². The minimum atomic E-state index is -0.343. The van der Waals surface area contributed by atoms with Crippen molar-refractivity contribution < 1.29 is 14.4 Å². The fourth-order valence-corrected chi connectivity index (χ4v) is 3.66. The highest BCUT2D eigenvalue weighted by Gasteiger charge is 2.21. The Morgan fingerprint density at radius 2 is 1.60 bits per heavy atom. The molecule has 0 aromatic heterocycles. The van der Waals surface area contributed by atoms with Gasteiger partial charge in [0.15, 0.2) is 5.78 Å². The number of amides is 2. The van der Waals surface area contributed by atoms with Crippen LogP contribution < -0.4 is 5.32 Å². The number of nitrogens with one attached hydrogen (secondary N) is 1. The maximum atomic E-state index is 13.0. The number of benzene rings is 3. The highest BCUT2D eigenvalue weighted by molar-refractivity contribution is 6.17. The van der Waals surface area contributed by atoms with Crippen molar-refractivity contribution in [2.24, 2.45) is 0 Å². The third kappa shape index (κ3) is 4.30. The second kappa shape index (κ2) is 8.74. The van der Waals surface area contributed by atoms with Gasteiger partial charge in [-0.25, -0.2) is 0 Å². The first-order valence-electron chi connectivity index (χ1n) is 9.98. The zero-order valence-electron chi connectivity index (χ0n) is 16.5. The summed E-state index contributed by atoms with van der Waals surface area (Å²) in [6.07, 6.45) is 1.49. The van der Waals surface area contributed by atoms with E-state index >= 15 is 0 Å². The van der Waals surface area contributed by atoms with E-state index in [4.69, 9.17) is 0 Å². The van der Waals surface area contributed by atoms with Crippen LogP contribution in [0.25, 0.3) is 0 Å². The largest absolute Gasteiger partial charge is 0.338 e. The highest BCUT2D eigenvalue weighted by atomic mass is 16.2. The Morgan fingerprint density at radius 3 is 2.33 bits per heavy atom. The number of rotatable bonds is 6. The number of likely N-dealkylation sites (tertiary alicyclic amines) is 1. The quantitative estimate of drug-likeness (QED) is 0.630. The Balaban J connectivity index is 1.53. The highest BCUT2D eigenvalue weighted by Crippen LogP contribution is 2.20. The summed E-state index contributed by atoms with van der Waals surface area (Å²) >= 11 is 0. The van der Waals surface area contributed by atoms with Crippen LogP contribution in [0.15, 0.2) is 78.9 Å². The normalized spacial score (nSPS) is 13.3. The standard InChI is InChI=1S/C25H22N2O3/c28-23-14-7-15-27(23)17-18-8-6-11-20(16-18)26-25(30)22-13-5-4-12-21(22)24(29)19-9-2-1-3-10-19/h1-6,8-13,16H,7,14-15,17H2,(H,26,30). The fourth-order valence-electron chi connectivity index (χ4n) is 3.66. The molecule has 1 heterocycles. The van der Waals surface area contributed by atoms with Crippen LogP contribution in [0.3, 0.4) is 0 Å². The first-order chi connectivity index (χ1) is 14.6. The maximum absolute atomic E-state index is 13.0. The molecule has 0 spiro atoms. The van der Waals surface area contributed by atoms with Crippen LogP contribution in [0.4, 0.5) is 5.69 Å². The summed E-state index contributed by atoms with van der Waals surface area (Å²) in [5, 5.41) is 2.89. The monoisotopic (exact) mass is 398 g/mol. The van der Waals surface area contributed by atoms with Crippen molar-refractivity contribution >= 4 is 23.3 Å². The molecule has 150 valence electrons. The molecule has 30 heavy (non-hydrogen) atoms. The molecule has 3 aromatic rings. The summed E-state index contributed by atoms with van der Waals surface area (Å²) in [7, 11) is 0. The topological polar surface area (TPSA) is 66.5 Å². The molecular weight excluding hydrogens is 376 g/mol. The van der Waals surface area contributed by atoms with Gasteiger partial charge in [0, 0.05) is 36.3 Å². The SMILES string of the molecule is O=C(Nc1cccc(CN2CCCC2=O)c1)c1ccccc1C(=O)c1ccccc1. The summed E-state index contributed by atoms with van der Waals surface area (Å²) in [6, 6.07) is 23.2. The molecule has 0 atom stereocenters. The van der Waals surface area contributed by atoms with Crippen molar-refractivity contribution in [3.8, 4) is 0 Å². The molecule has 1 saturated heterocycles. The molecule has 1 N–H and O–H groups in total. The lowest BCUT2D eigenvalue weighted by molar-refractivity contribution is -0.128. The van der Waals surface area contributed by atoms with Gasteiger partial charge >= 0.3 is 0 Å². The molecule has 1 aliphatic heterocycles. The first kappa shape index (κ1) is 19.6. The van der Waals surface area contributed by atoms with Crippen LogP contribution in [0.5, 0.6) is 0 Å². The van der Waals surface area contributed by atoms with Gasteiger partial charge in [-0.15, -0.1) is 0 Å². The second-order valence-electron chi connectivity index (χ2n) is 7.31. The Kier molecular flexibility index (Phi) is 5.70. The summed E-state index contributed by atoms with van der Waals surface area (Å²) in [4.78, 5) is 39.5. The minimum Gasteiger partial charge on any atom is -0.338 e. The number of hydrogen-bond donors (Lipinski definition) is 1. The van der Waals surface area contributed by atoms with E-state index < -0.39 is 0 Å². The molecule has 0 radical (unpaired) electrons. The van der Waals surface area contributed by atoms with Crippen LogP contribution in [0, 0.1) is 0 Å². The summed E-state index contributed by atoms with van der Waals surface area (Å²) < 4.78 is 0. The van der Waals surface area contributed by atoms with E-state index in [1.165, 1.54) is 0 Å². The molecule has 1 fully saturated rings. The van der Waals surface area contributed by atoms with Gasteiger partial charge in [-0.05, 0) is 30.2 Å². The molecular formula is C25H22N2O3. The summed E-state index contributed by atoms with van der Waals surface area (Å²) in [5.74, 6) is -0.371. The van der Waals surface area contributed by atoms with Crippen LogP contribution in [0.2, 0.25) is 0 Å². The number of hydrogen-bond acceptors (Lipinski definition) is 3. The number of carbonyl (C=O) groups is 3. The molecule has 3 aromatic carbocycles. The molecule has 0 bridgehead atoms. The van der Waals surface area contributed by atoms with E-state index in [0.717, 1.165) is 18.5 Å². The summed E-state index contributed by atoms with van der Waals surface area (Å²) in [5.41, 5.74) is 2.81. The molecule has 1 aliphatic rings. The number of carbonyl (C=O) groups excluding carboxylic acids is 3. The van der Waals surface area contributed by atoms with Gasteiger partial charge in [0.1, 0.15) is 0 Å². The van der Waals surface area contributed by atoms with Gasteiger partial charge in [-0.3, -0.25) is 14.4 Å². The van der Waals surface area contributed by atoms with Crippen molar-refractivity contribution in [2.75, 3.05) is 11.9 Å².